The van der Waals surface area contributed by atoms with E-state index >= 15 is 0 Å². The monoisotopic (exact) mass is 179 g/mol. The SMILES string of the molecule is Cc1cnc(F)cc1C(F)(F)F. The van der Waals surface area contributed by atoms with Crippen LogP contribution in [-0.2, 0) is 6.18 Å². The molecule has 0 radical (unpaired) electrons. The van der Waals surface area contributed by atoms with Crippen LogP contribution in [-0.4, -0.2) is 4.98 Å². The highest BCUT2D eigenvalue weighted by Crippen LogP contribution is 2.31. The molecule has 0 spiro atoms. The minimum Gasteiger partial charge on any atom is -0.228 e. The van der Waals surface area contributed by atoms with Crippen molar-refractivity contribution < 1.29 is 17.6 Å². The first-order valence-electron chi connectivity index (χ1n) is 3.10. The van der Waals surface area contributed by atoms with E-state index in [9.17, 15) is 17.6 Å². The molecule has 1 heterocycles. The maximum Gasteiger partial charge on any atom is 0.416 e. The van der Waals surface area contributed by atoms with Crippen molar-refractivity contribution in [3.63, 3.8) is 0 Å². The maximum atomic E-state index is 12.3. The molecule has 66 valence electrons. The number of hydrogen-bond acceptors (Lipinski definition) is 1. The molecular formula is C7H5F4N. The highest BCUT2D eigenvalue weighted by atomic mass is 19.4. The van der Waals surface area contributed by atoms with Crippen molar-refractivity contribution in [3.8, 4) is 0 Å². The van der Waals surface area contributed by atoms with Crippen LogP contribution in [0.15, 0.2) is 12.3 Å². The number of pyridine rings is 1. The van der Waals surface area contributed by atoms with E-state index in [-0.39, 0.29) is 5.56 Å². The summed E-state index contributed by atoms with van der Waals surface area (Å²) in [6, 6.07) is 0.384. The number of aromatic nitrogens is 1. The van der Waals surface area contributed by atoms with Gasteiger partial charge in [0.05, 0.1) is 5.56 Å². The molecule has 12 heavy (non-hydrogen) atoms. The van der Waals surface area contributed by atoms with Crippen LogP contribution < -0.4 is 0 Å². The highest BCUT2D eigenvalue weighted by molar-refractivity contribution is 5.24. The zero-order chi connectivity index (χ0) is 9.35. The van der Waals surface area contributed by atoms with Gasteiger partial charge in [0.1, 0.15) is 0 Å². The third-order valence-corrected chi connectivity index (χ3v) is 1.38. The van der Waals surface area contributed by atoms with E-state index in [1.165, 1.54) is 6.92 Å². The molecule has 5 heteroatoms. The Kier molecular flexibility index (Phi) is 2.04. The molecule has 0 N–H and O–H groups in total. The summed E-state index contributed by atoms with van der Waals surface area (Å²) in [5, 5.41) is 0. The average Bonchev–Trinajstić information content (AvgIpc) is 1.92. The second-order valence-corrected chi connectivity index (χ2v) is 2.32. The molecule has 1 aromatic heterocycles. The molecule has 0 bridgehead atoms. The topological polar surface area (TPSA) is 12.9 Å². The minimum absolute atomic E-state index is 0.0797. The van der Waals surface area contributed by atoms with Crippen LogP contribution in [0.5, 0.6) is 0 Å². The Labute approximate surface area is 66.0 Å². The molecule has 0 atom stereocenters. The lowest BCUT2D eigenvalue weighted by Crippen LogP contribution is -2.08. The van der Waals surface area contributed by atoms with Gasteiger partial charge in [-0.2, -0.15) is 17.6 Å². The molecule has 1 aromatic rings. The number of aryl methyl sites for hydroxylation is 1. The van der Waals surface area contributed by atoms with Gasteiger partial charge in [0, 0.05) is 12.3 Å². The Morgan fingerprint density at radius 2 is 1.92 bits per heavy atom. The predicted octanol–water partition coefficient (Wildman–Crippen LogP) is 2.55. The second kappa shape index (κ2) is 2.73. The van der Waals surface area contributed by atoms with Gasteiger partial charge in [-0.05, 0) is 12.5 Å². The van der Waals surface area contributed by atoms with Gasteiger partial charge < -0.3 is 0 Å². The third kappa shape index (κ3) is 1.72. The summed E-state index contributed by atoms with van der Waals surface area (Å²) in [5.74, 6) is -1.12. The van der Waals surface area contributed by atoms with Gasteiger partial charge in [0.2, 0.25) is 5.95 Å². The van der Waals surface area contributed by atoms with Crippen LogP contribution in [0.25, 0.3) is 0 Å². The smallest absolute Gasteiger partial charge is 0.228 e. The Hall–Kier alpha value is -1.13. The van der Waals surface area contributed by atoms with Gasteiger partial charge in [-0.25, -0.2) is 4.98 Å². The molecule has 0 unspecified atom stereocenters. The first-order valence-corrected chi connectivity index (χ1v) is 3.10. The zero-order valence-electron chi connectivity index (χ0n) is 6.11. The van der Waals surface area contributed by atoms with E-state index in [1.54, 1.807) is 0 Å². The Morgan fingerprint density at radius 1 is 1.33 bits per heavy atom. The third-order valence-electron chi connectivity index (χ3n) is 1.38. The molecule has 0 saturated heterocycles. The fraction of sp³-hybridized carbons (Fsp3) is 0.286. The Balaban J connectivity index is 3.23. The molecule has 0 aromatic carbocycles. The van der Waals surface area contributed by atoms with Crippen molar-refractivity contribution in [1.82, 2.24) is 4.98 Å². The summed E-state index contributed by atoms with van der Waals surface area (Å²) < 4.78 is 48.4. The second-order valence-electron chi connectivity index (χ2n) is 2.32. The molecule has 0 fully saturated rings. The summed E-state index contributed by atoms with van der Waals surface area (Å²) >= 11 is 0. The van der Waals surface area contributed by atoms with Crippen LogP contribution >= 0.6 is 0 Å². The van der Waals surface area contributed by atoms with Crippen molar-refractivity contribution in [2.45, 2.75) is 13.1 Å². The molecular weight excluding hydrogens is 174 g/mol. The number of alkyl halides is 3. The normalized spacial score (nSPS) is 11.8. The van der Waals surface area contributed by atoms with Crippen LogP contribution in [0.2, 0.25) is 0 Å². The largest absolute Gasteiger partial charge is 0.416 e. The molecule has 0 aliphatic heterocycles. The number of hydrogen-bond donors (Lipinski definition) is 0. The van der Waals surface area contributed by atoms with Crippen LogP contribution in [0.1, 0.15) is 11.1 Å². The van der Waals surface area contributed by atoms with Gasteiger partial charge in [-0.15, -0.1) is 0 Å². The number of nitrogens with zero attached hydrogens (tertiary/aromatic N) is 1. The van der Waals surface area contributed by atoms with Crippen molar-refractivity contribution in [2.24, 2.45) is 0 Å². The Bertz CT molecular complexity index is 292. The van der Waals surface area contributed by atoms with E-state index in [4.69, 9.17) is 0 Å². The summed E-state index contributed by atoms with van der Waals surface area (Å²) in [7, 11) is 0. The fourth-order valence-corrected chi connectivity index (χ4v) is 0.804. The lowest BCUT2D eigenvalue weighted by Gasteiger charge is -2.08. The van der Waals surface area contributed by atoms with Crippen molar-refractivity contribution in [3.05, 3.63) is 29.3 Å². The molecule has 0 amide bonds. The standard InChI is InChI=1S/C7H5F4N/c1-4-3-12-6(8)2-5(4)7(9,10)11/h2-3H,1H3. The summed E-state index contributed by atoms with van der Waals surface area (Å²) in [6.07, 6.45) is -3.65. The van der Waals surface area contributed by atoms with Crippen LogP contribution in [0.3, 0.4) is 0 Å². The fourth-order valence-electron chi connectivity index (χ4n) is 0.804. The van der Waals surface area contributed by atoms with E-state index in [2.05, 4.69) is 4.98 Å². The molecule has 0 saturated carbocycles. The van der Waals surface area contributed by atoms with Gasteiger partial charge in [0.15, 0.2) is 0 Å². The van der Waals surface area contributed by atoms with Crippen LogP contribution in [0.4, 0.5) is 17.6 Å². The summed E-state index contributed by atoms with van der Waals surface area (Å²) in [5.41, 5.74) is -1.06. The molecule has 0 aliphatic carbocycles. The van der Waals surface area contributed by atoms with E-state index in [1.807, 2.05) is 0 Å². The van der Waals surface area contributed by atoms with Crippen LogP contribution in [0, 0.1) is 12.9 Å². The summed E-state index contributed by atoms with van der Waals surface area (Å²) in [6.45, 7) is 1.23. The van der Waals surface area contributed by atoms with E-state index in [0.717, 1.165) is 6.20 Å². The van der Waals surface area contributed by atoms with Gasteiger partial charge in [0.25, 0.3) is 0 Å². The van der Waals surface area contributed by atoms with E-state index in [0.29, 0.717) is 6.07 Å². The van der Waals surface area contributed by atoms with Gasteiger partial charge in [-0.1, -0.05) is 0 Å². The number of halogens is 4. The van der Waals surface area contributed by atoms with Crippen molar-refractivity contribution in [1.29, 1.82) is 0 Å². The lowest BCUT2D eigenvalue weighted by molar-refractivity contribution is -0.138. The van der Waals surface area contributed by atoms with Gasteiger partial charge >= 0.3 is 6.18 Å². The van der Waals surface area contributed by atoms with Gasteiger partial charge in [-0.3, -0.25) is 0 Å². The maximum absolute atomic E-state index is 12.3. The van der Waals surface area contributed by atoms with E-state index < -0.39 is 17.7 Å². The molecule has 0 aliphatic rings. The lowest BCUT2D eigenvalue weighted by atomic mass is 10.1. The Morgan fingerprint density at radius 3 is 2.33 bits per heavy atom. The first kappa shape index (κ1) is 8.96. The van der Waals surface area contributed by atoms with Crippen molar-refractivity contribution in [2.75, 3.05) is 0 Å². The van der Waals surface area contributed by atoms with Crippen molar-refractivity contribution >= 4 is 0 Å². The average molecular weight is 179 g/mol. The molecule has 1 rings (SSSR count). The highest BCUT2D eigenvalue weighted by Gasteiger charge is 2.32. The zero-order valence-corrected chi connectivity index (χ0v) is 6.11. The minimum atomic E-state index is -4.51. The summed E-state index contributed by atoms with van der Waals surface area (Å²) in [4.78, 5) is 3.09. The predicted molar refractivity (Wildman–Crippen MR) is 33.9 cm³/mol. The quantitative estimate of drug-likeness (QED) is 0.440. The number of rotatable bonds is 0. The first-order chi connectivity index (χ1) is 5.41. The molecule has 1 nitrogen and oxygen atoms in total.